The van der Waals surface area contributed by atoms with E-state index in [1.807, 2.05) is 24.3 Å². The predicted molar refractivity (Wildman–Crippen MR) is 81.2 cm³/mol. The topological polar surface area (TPSA) is 12.0 Å². The largest absolute Gasteiger partial charge is 0.309 e. The number of hydrogen-bond donors (Lipinski definition) is 1. The molecule has 1 atom stereocenters. The van der Waals surface area contributed by atoms with Gasteiger partial charge in [-0.1, -0.05) is 12.1 Å². The molecule has 0 aromatic heterocycles. The van der Waals surface area contributed by atoms with E-state index in [4.69, 9.17) is 0 Å². The lowest BCUT2D eigenvalue weighted by atomic mass is 9.97. The number of benzene rings is 2. The second-order valence-electron chi connectivity index (χ2n) is 4.40. The molecule has 0 saturated heterocycles. The number of nitrogens with one attached hydrogen (secondary N) is 1. The average molecular weight is 373 g/mol. The smallest absolute Gasteiger partial charge is 0.131 e. The van der Waals surface area contributed by atoms with E-state index in [1.165, 1.54) is 0 Å². The van der Waals surface area contributed by atoms with Gasteiger partial charge >= 0.3 is 0 Å². The molecule has 0 spiro atoms. The molecular weight excluding hydrogens is 359 g/mol. The van der Waals surface area contributed by atoms with Crippen molar-refractivity contribution in [1.82, 2.24) is 5.32 Å². The molecule has 0 aliphatic carbocycles. The molecule has 0 amide bonds. The highest BCUT2D eigenvalue weighted by atomic mass is 127. The van der Waals surface area contributed by atoms with Gasteiger partial charge in [-0.3, -0.25) is 0 Å². The normalized spacial score (nSPS) is 12.5. The van der Waals surface area contributed by atoms with Crippen molar-refractivity contribution in [2.75, 3.05) is 7.05 Å². The van der Waals surface area contributed by atoms with Crippen LogP contribution in [0.25, 0.3) is 0 Å². The van der Waals surface area contributed by atoms with Crippen molar-refractivity contribution >= 4 is 22.6 Å². The molecule has 0 heterocycles. The molecule has 0 radical (unpaired) electrons. The van der Waals surface area contributed by atoms with E-state index < -0.39 is 11.6 Å². The lowest BCUT2D eigenvalue weighted by Crippen LogP contribution is -2.19. The Morgan fingerprint density at radius 1 is 1.11 bits per heavy atom. The SMILES string of the molecule is CNC(c1cccc(I)c1)c1cc(C)c(F)cc1F. The highest BCUT2D eigenvalue weighted by Crippen LogP contribution is 2.27. The van der Waals surface area contributed by atoms with E-state index in [0.717, 1.165) is 15.2 Å². The van der Waals surface area contributed by atoms with Gasteiger partial charge in [-0.2, -0.15) is 0 Å². The van der Waals surface area contributed by atoms with Gasteiger partial charge < -0.3 is 5.32 Å². The number of rotatable bonds is 3. The Morgan fingerprint density at radius 3 is 2.47 bits per heavy atom. The van der Waals surface area contributed by atoms with Crippen molar-refractivity contribution < 1.29 is 8.78 Å². The van der Waals surface area contributed by atoms with Crippen LogP contribution >= 0.6 is 22.6 Å². The van der Waals surface area contributed by atoms with Crippen LogP contribution in [-0.2, 0) is 0 Å². The van der Waals surface area contributed by atoms with E-state index in [0.29, 0.717) is 11.1 Å². The third-order valence-corrected chi connectivity index (χ3v) is 3.73. The first-order valence-electron chi connectivity index (χ1n) is 5.91. The van der Waals surface area contributed by atoms with Crippen molar-refractivity contribution in [1.29, 1.82) is 0 Å². The first-order valence-corrected chi connectivity index (χ1v) is 6.99. The highest BCUT2D eigenvalue weighted by Gasteiger charge is 2.18. The number of halogens is 3. The van der Waals surface area contributed by atoms with Gasteiger partial charge in [0.1, 0.15) is 11.6 Å². The minimum Gasteiger partial charge on any atom is -0.309 e. The minimum atomic E-state index is -0.527. The lowest BCUT2D eigenvalue weighted by Gasteiger charge is -2.19. The second kappa shape index (κ2) is 5.96. The summed E-state index contributed by atoms with van der Waals surface area (Å²) in [5.41, 5.74) is 1.87. The molecule has 2 aromatic rings. The average Bonchev–Trinajstić information content (AvgIpc) is 2.36. The van der Waals surface area contributed by atoms with Gasteiger partial charge in [0, 0.05) is 15.2 Å². The van der Waals surface area contributed by atoms with Gasteiger partial charge in [-0.25, -0.2) is 8.78 Å². The Bertz CT molecular complexity index is 599. The zero-order valence-electron chi connectivity index (χ0n) is 10.7. The molecule has 0 fully saturated rings. The van der Waals surface area contributed by atoms with Gasteiger partial charge in [0.05, 0.1) is 6.04 Å². The predicted octanol–water partition coefficient (Wildman–Crippen LogP) is 4.19. The molecule has 0 aliphatic heterocycles. The summed E-state index contributed by atoms with van der Waals surface area (Å²) in [6, 6.07) is 10.0. The molecule has 2 aromatic carbocycles. The third-order valence-electron chi connectivity index (χ3n) is 3.06. The van der Waals surface area contributed by atoms with Gasteiger partial charge in [-0.05, 0) is 65.9 Å². The fourth-order valence-electron chi connectivity index (χ4n) is 2.09. The standard InChI is InChI=1S/C15H14F2IN/c1-9-6-12(14(17)8-13(9)16)15(19-2)10-4-3-5-11(18)7-10/h3-8,15,19H,1-2H3. The molecule has 0 saturated carbocycles. The van der Waals surface area contributed by atoms with Crippen molar-refractivity contribution in [2.24, 2.45) is 0 Å². The molecule has 19 heavy (non-hydrogen) atoms. The van der Waals surface area contributed by atoms with Crippen LogP contribution in [0.1, 0.15) is 22.7 Å². The van der Waals surface area contributed by atoms with Crippen LogP contribution in [-0.4, -0.2) is 7.05 Å². The van der Waals surface area contributed by atoms with Gasteiger partial charge in [-0.15, -0.1) is 0 Å². The van der Waals surface area contributed by atoms with E-state index >= 15 is 0 Å². The van der Waals surface area contributed by atoms with Gasteiger partial charge in [0.25, 0.3) is 0 Å². The Balaban J connectivity index is 2.51. The maximum atomic E-state index is 14.0. The van der Waals surface area contributed by atoms with Crippen LogP contribution < -0.4 is 5.32 Å². The second-order valence-corrected chi connectivity index (χ2v) is 5.65. The first kappa shape index (κ1) is 14.4. The zero-order chi connectivity index (χ0) is 14.0. The molecule has 0 bridgehead atoms. The highest BCUT2D eigenvalue weighted by molar-refractivity contribution is 14.1. The summed E-state index contributed by atoms with van der Waals surface area (Å²) in [6.07, 6.45) is 0. The fraction of sp³-hybridized carbons (Fsp3) is 0.200. The lowest BCUT2D eigenvalue weighted by molar-refractivity contribution is 0.547. The molecular formula is C15H14F2IN. The van der Waals surface area contributed by atoms with E-state index in [9.17, 15) is 8.78 Å². The Morgan fingerprint density at radius 2 is 1.84 bits per heavy atom. The molecule has 4 heteroatoms. The van der Waals surface area contributed by atoms with Crippen LogP contribution in [0.15, 0.2) is 36.4 Å². The Kier molecular flexibility index (Phi) is 4.52. The van der Waals surface area contributed by atoms with Crippen molar-refractivity contribution in [3.63, 3.8) is 0 Å². The van der Waals surface area contributed by atoms with Crippen LogP contribution in [0.4, 0.5) is 8.78 Å². The van der Waals surface area contributed by atoms with Crippen molar-refractivity contribution in [3.05, 3.63) is 68.3 Å². The summed E-state index contributed by atoms with van der Waals surface area (Å²) in [4.78, 5) is 0. The summed E-state index contributed by atoms with van der Waals surface area (Å²) in [5.74, 6) is -1.04. The summed E-state index contributed by atoms with van der Waals surface area (Å²) < 4.78 is 28.4. The quantitative estimate of drug-likeness (QED) is 0.796. The Labute approximate surface area is 125 Å². The summed E-state index contributed by atoms with van der Waals surface area (Å²) >= 11 is 2.21. The summed E-state index contributed by atoms with van der Waals surface area (Å²) in [6.45, 7) is 1.64. The van der Waals surface area contributed by atoms with Crippen LogP contribution in [0.3, 0.4) is 0 Å². The summed E-state index contributed by atoms with van der Waals surface area (Å²) in [7, 11) is 1.77. The molecule has 1 nitrogen and oxygen atoms in total. The zero-order valence-corrected chi connectivity index (χ0v) is 12.8. The maximum absolute atomic E-state index is 14.0. The molecule has 1 unspecified atom stereocenters. The number of hydrogen-bond acceptors (Lipinski definition) is 1. The Hall–Kier alpha value is -1.01. The first-order chi connectivity index (χ1) is 9.02. The van der Waals surface area contributed by atoms with E-state index in [1.54, 1.807) is 20.0 Å². The van der Waals surface area contributed by atoms with E-state index in [2.05, 4.69) is 27.9 Å². The van der Waals surface area contributed by atoms with Crippen molar-refractivity contribution in [3.8, 4) is 0 Å². The van der Waals surface area contributed by atoms with Crippen LogP contribution in [0.5, 0.6) is 0 Å². The van der Waals surface area contributed by atoms with E-state index in [-0.39, 0.29) is 6.04 Å². The van der Waals surface area contributed by atoms with Gasteiger partial charge in [0.2, 0.25) is 0 Å². The van der Waals surface area contributed by atoms with Crippen molar-refractivity contribution in [2.45, 2.75) is 13.0 Å². The van der Waals surface area contributed by atoms with Crippen LogP contribution in [0.2, 0.25) is 0 Å². The third kappa shape index (κ3) is 3.12. The fourth-order valence-corrected chi connectivity index (χ4v) is 2.66. The molecule has 2 rings (SSSR count). The number of aryl methyl sites for hydroxylation is 1. The van der Waals surface area contributed by atoms with Crippen LogP contribution in [0, 0.1) is 22.1 Å². The monoisotopic (exact) mass is 373 g/mol. The molecule has 1 N–H and O–H groups in total. The summed E-state index contributed by atoms with van der Waals surface area (Å²) in [5, 5.41) is 3.08. The maximum Gasteiger partial charge on any atom is 0.131 e. The van der Waals surface area contributed by atoms with Gasteiger partial charge in [0.15, 0.2) is 0 Å². The minimum absolute atomic E-state index is 0.283. The molecule has 100 valence electrons. The molecule has 0 aliphatic rings.